The molecule has 142 valence electrons. The van der Waals surface area contributed by atoms with E-state index >= 15 is 0 Å². The monoisotopic (exact) mass is 470 g/mol. The molecule has 0 radical (unpaired) electrons. The zero-order valence-corrected chi connectivity index (χ0v) is 19.0. The summed E-state index contributed by atoms with van der Waals surface area (Å²) < 4.78 is 11.9. The average molecular weight is 470 g/mol. The minimum atomic E-state index is -0.833. The van der Waals surface area contributed by atoms with Crippen LogP contribution in [0.15, 0.2) is 17.1 Å². The van der Waals surface area contributed by atoms with Gasteiger partial charge in [-0.3, -0.25) is 14.1 Å². The van der Waals surface area contributed by atoms with Gasteiger partial charge in [-0.25, -0.2) is 0 Å². The van der Waals surface area contributed by atoms with E-state index in [9.17, 15) is 4.21 Å². The molecule has 5 nitrogen and oxygen atoms in total. The molecule has 0 amide bonds. The number of likely N-dealkylation sites (tertiary alicyclic amines) is 1. The Balaban J connectivity index is 0.00000529. The summed E-state index contributed by atoms with van der Waals surface area (Å²) in [6, 6.07) is 0.454. The first kappa shape index (κ1) is 23.9. The second-order valence-corrected chi connectivity index (χ2v) is 9.64. The lowest BCUT2D eigenvalue weighted by Gasteiger charge is -2.33. The largest absolute Gasteiger partial charge is 0.355 e. The third-order valence-corrected chi connectivity index (χ3v) is 5.85. The molecule has 0 bridgehead atoms. The molecule has 1 aliphatic heterocycles. The summed E-state index contributed by atoms with van der Waals surface area (Å²) in [4.78, 5) is 6.72. The van der Waals surface area contributed by atoms with Crippen LogP contribution in [0.2, 0.25) is 0 Å². The smallest absolute Gasteiger partial charge is 0.191 e. The van der Waals surface area contributed by atoms with E-state index in [1.54, 1.807) is 7.05 Å². The van der Waals surface area contributed by atoms with Crippen molar-refractivity contribution in [3.63, 3.8) is 0 Å². The minimum Gasteiger partial charge on any atom is -0.355 e. The Kier molecular flexibility index (Phi) is 11.4. The number of hydrogen-bond donors (Lipinski definition) is 2. The van der Waals surface area contributed by atoms with Crippen LogP contribution < -0.4 is 10.6 Å². The predicted octanol–water partition coefficient (Wildman–Crippen LogP) is 2.36. The Hall–Kier alpha value is -0.150. The van der Waals surface area contributed by atoms with Gasteiger partial charge < -0.3 is 10.6 Å². The van der Waals surface area contributed by atoms with Crippen molar-refractivity contribution in [3.05, 3.63) is 12.2 Å². The van der Waals surface area contributed by atoms with Crippen molar-refractivity contribution in [2.75, 3.05) is 39.0 Å². The highest BCUT2D eigenvalue weighted by molar-refractivity contribution is 14.0. The van der Waals surface area contributed by atoms with E-state index < -0.39 is 10.8 Å². The third kappa shape index (κ3) is 9.36. The van der Waals surface area contributed by atoms with Gasteiger partial charge in [-0.1, -0.05) is 12.2 Å². The number of halogens is 1. The van der Waals surface area contributed by atoms with E-state index in [4.69, 9.17) is 0 Å². The van der Waals surface area contributed by atoms with Gasteiger partial charge in [0.25, 0.3) is 0 Å². The highest BCUT2D eigenvalue weighted by atomic mass is 127. The summed E-state index contributed by atoms with van der Waals surface area (Å²) in [6.45, 7) is 16.0. The zero-order valence-electron chi connectivity index (χ0n) is 15.9. The lowest BCUT2D eigenvalue weighted by atomic mass is 10.0. The maximum absolute atomic E-state index is 12.0. The number of nitrogens with zero attached hydrogens (tertiary/aromatic N) is 2. The fraction of sp³-hybridized carbons (Fsp3) is 0.824. The Morgan fingerprint density at radius 3 is 2.38 bits per heavy atom. The van der Waals surface area contributed by atoms with Crippen LogP contribution in [0.3, 0.4) is 0 Å². The standard InChI is InChI=1S/C17H34N4OS.HI/c1-14(2)13-21-10-7-15(8-11-21)20-16(18-6)19-9-12-23(22)17(3,4)5;/h15H,1,7-13H2,2-6H3,(H2,18,19,20);1H. The highest BCUT2D eigenvalue weighted by Crippen LogP contribution is 2.12. The molecule has 0 aromatic rings. The lowest BCUT2D eigenvalue weighted by Crippen LogP contribution is -2.49. The van der Waals surface area contributed by atoms with Gasteiger partial charge in [-0.15, -0.1) is 24.0 Å². The number of piperidine rings is 1. The van der Waals surface area contributed by atoms with Gasteiger partial charge in [-0.05, 0) is 40.5 Å². The molecular weight excluding hydrogens is 435 g/mol. The molecule has 24 heavy (non-hydrogen) atoms. The highest BCUT2D eigenvalue weighted by Gasteiger charge is 2.21. The van der Waals surface area contributed by atoms with E-state index in [1.807, 2.05) is 20.8 Å². The maximum atomic E-state index is 12.0. The summed E-state index contributed by atoms with van der Waals surface area (Å²) in [5.41, 5.74) is 1.22. The van der Waals surface area contributed by atoms with Gasteiger partial charge in [-0.2, -0.15) is 0 Å². The second-order valence-electron chi connectivity index (χ2n) is 7.31. The van der Waals surface area contributed by atoms with Crippen molar-refractivity contribution >= 4 is 40.7 Å². The summed E-state index contributed by atoms with van der Waals surface area (Å²) >= 11 is 0. The van der Waals surface area contributed by atoms with Gasteiger partial charge >= 0.3 is 0 Å². The van der Waals surface area contributed by atoms with Crippen molar-refractivity contribution in [1.29, 1.82) is 0 Å². The lowest BCUT2D eigenvalue weighted by molar-refractivity contribution is 0.221. The van der Waals surface area contributed by atoms with Crippen molar-refractivity contribution in [2.45, 2.75) is 51.3 Å². The topological polar surface area (TPSA) is 56.7 Å². The molecule has 0 aromatic heterocycles. The number of guanidine groups is 1. The van der Waals surface area contributed by atoms with Crippen LogP contribution in [-0.2, 0) is 10.8 Å². The van der Waals surface area contributed by atoms with Crippen LogP contribution >= 0.6 is 24.0 Å². The number of aliphatic imine (C=N–C) groups is 1. The van der Waals surface area contributed by atoms with Crippen molar-refractivity contribution in [1.82, 2.24) is 15.5 Å². The van der Waals surface area contributed by atoms with Crippen molar-refractivity contribution in [3.8, 4) is 0 Å². The molecule has 0 spiro atoms. The summed E-state index contributed by atoms with van der Waals surface area (Å²) in [5.74, 6) is 1.45. The average Bonchev–Trinajstić information content (AvgIpc) is 2.46. The molecule has 1 heterocycles. The van der Waals surface area contributed by atoms with Crippen LogP contribution in [0.4, 0.5) is 0 Å². The van der Waals surface area contributed by atoms with E-state index in [-0.39, 0.29) is 28.7 Å². The first-order valence-corrected chi connectivity index (χ1v) is 9.76. The molecule has 1 unspecified atom stereocenters. The molecule has 0 saturated carbocycles. The molecule has 1 saturated heterocycles. The molecule has 0 aliphatic carbocycles. The summed E-state index contributed by atoms with van der Waals surface area (Å²) in [6.07, 6.45) is 2.23. The molecular formula is C17H35IN4OS. The Morgan fingerprint density at radius 1 is 1.33 bits per heavy atom. The number of rotatable bonds is 6. The van der Waals surface area contributed by atoms with E-state index in [0.29, 0.717) is 18.3 Å². The fourth-order valence-corrected chi connectivity index (χ4v) is 3.47. The van der Waals surface area contributed by atoms with Gasteiger partial charge in [0.2, 0.25) is 0 Å². The van der Waals surface area contributed by atoms with Crippen molar-refractivity contribution in [2.24, 2.45) is 4.99 Å². The molecule has 7 heteroatoms. The van der Waals surface area contributed by atoms with E-state index in [1.165, 1.54) is 5.57 Å². The maximum Gasteiger partial charge on any atom is 0.191 e. The fourth-order valence-electron chi connectivity index (χ4n) is 2.57. The Morgan fingerprint density at radius 2 is 1.92 bits per heavy atom. The van der Waals surface area contributed by atoms with Gasteiger partial charge in [0.05, 0.1) is 0 Å². The molecule has 0 aromatic carbocycles. The number of nitrogens with one attached hydrogen (secondary N) is 2. The van der Waals surface area contributed by atoms with Gasteiger partial charge in [0, 0.05) is 60.6 Å². The van der Waals surface area contributed by atoms with Crippen LogP contribution in [-0.4, -0.2) is 64.8 Å². The molecule has 1 fully saturated rings. The van der Waals surface area contributed by atoms with Gasteiger partial charge in [0.15, 0.2) is 5.96 Å². The molecule has 1 rings (SSSR count). The van der Waals surface area contributed by atoms with Crippen LogP contribution in [0.5, 0.6) is 0 Å². The van der Waals surface area contributed by atoms with E-state index in [2.05, 4.69) is 34.0 Å². The minimum absolute atomic E-state index is 0. The molecule has 2 N–H and O–H groups in total. The quantitative estimate of drug-likeness (QED) is 0.271. The predicted molar refractivity (Wildman–Crippen MR) is 117 cm³/mol. The van der Waals surface area contributed by atoms with Crippen molar-refractivity contribution < 1.29 is 4.21 Å². The van der Waals surface area contributed by atoms with Crippen LogP contribution in [0, 0.1) is 0 Å². The molecule has 1 atom stereocenters. The Bertz CT molecular complexity index is 440. The first-order chi connectivity index (χ1) is 10.7. The number of hydrogen-bond acceptors (Lipinski definition) is 3. The summed E-state index contributed by atoms with van der Waals surface area (Å²) in [7, 11) is 0.951. The SMILES string of the molecule is C=C(C)CN1CCC(NC(=NC)NCCS(=O)C(C)(C)C)CC1.I. The van der Waals surface area contributed by atoms with Gasteiger partial charge in [0.1, 0.15) is 0 Å². The second kappa shape index (κ2) is 11.5. The van der Waals surface area contributed by atoms with E-state index in [0.717, 1.165) is 38.4 Å². The first-order valence-electron chi connectivity index (χ1n) is 8.44. The van der Waals surface area contributed by atoms with Crippen LogP contribution in [0.1, 0.15) is 40.5 Å². The molecule has 1 aliphatic rings. The normalized spacial score (nSPS) is 18.6. The summed E-state index contributed by atoms with van der Waals surface area (Å²) in [5, 5.41) is 6.76. The Labute approximate surface area is 167 Å². The third-order valence-electron chi connectivity index (χ3n) is 3.91. The zero-order chi connectivity index (χ0) is 17.5. The van der Waals surface area contributed by atoms with Crippen LogP contribution in [0.25, 0.3) is 0 Å².